The quantitative estimate of drug-likeness (QED) is 0.299. The molecule has 1 unspecified atom stereocenters. The Morgan fingerprint density at radius 1 is 1.03 bits per heavy atom. The van der Waals surface area contributed by atoms with E-state index in [-0.39, 0.29) is 35.2 Å². The van der Waals surface area contributed by atoms with Crippen LogP contribution in [-0.2, 0) is 9.59 Å². The van der Waals surface area contributed by atoms with Crippen LogP contribution in [0.1, 0.15) is 87.5 Å². The average molecular weight is 417 g/mol. The normalized spacial score (nSPS) is 20.5. The molecule has 30 heavy (non-hydrogen) atoms. The van der Waals surface area contributed by atoms with Gasteiger partial charge in [0.25, 0.3) is 0 Å². The lowest BCUT2D eigenvalue weighted by Gasteiger charge is -2.37. The Labute approximate surface area is 182 Å². The van der Waals surface area contributed by atoms with Crippen molar-refractivity contribution in [1.82, 2.24) is 0 Å². The van der Waals surface area contributed by atoms with Gasteiger partial charge < -0.3 is 10.2 Å². The van der Waals surface area contributed by atoms with Crippen LogP contribution in [-0.4, -0.2) is 21.8 Å². The van der Waals surface area contributed by atoms with Crippen LogP contribution < -0.4 is 0 Å². The van der Waals surface area contributed by atoms with Gasteiger partial charge in [-0.3, -0.25) is 9.59 Å². The topological polar surface area (TPSA) is 74.6 Å². The molecule has 0 aromatic carbocycles. The van der Waals surface area contributed by atoms with Gasteiger partial charge in [0.1, 0.15) is 17.1 Å². The van der Waals surface area contributed by atoms with Crippen molar-refractivity contribution in [2.24, 2.45) is 17.3 Å². The molecule has 1 aliphatic carbocycles. The van der Waals surface area contributed by atoms with Crippen molar-refractivity contribution in [2.45, 2.75) is 87.5 Å². The van der Waals surface area contributed by atoms with Gasteiger partial charge in [-0.15, -0.1) is 0 Å². The van der Waals surface area contributed by atoms with E-state index in [0.717, 1.165) is 17.6 Å². The first kappa shape index (κ1) is 25.9. The fourth-order valence-corrected chi connectivity index (χ4v) is 3.60. The smallest absolute Gasteiger partial charge is 0.184 e. The number of carbonyl (C=O) groups is 2. The summed E-state index contributed by atoms with van der Waals surface area (Å²) in [4.78, 5) is 26.9. The van der Waals surface area contributed by atoms with Crippen molar-refractivity contribution in [3.63, 3.8) is 0 Å². The first-order valence-corrected chi connectivity index (χ1v) is 11.1. The number of aliphatic hydroxyl groups excluding tert-OH is 2. The van der Waals surface area contributed by atoms with Crippen LogP contribution in [0, 0.1) is 17.3 Å². The highest BCUT2D eigenvalue weighted by Gasteiger charge is 2.50. The third kappa shape index (κ3) is 5.74. The number of ketones is 2. The minimum absolute atomic E-state index is 0.0821. The molecule has 0 fully saturated rings. The first-order chi connectivity index (χ1) is 13.9. The van der Waals surface area contributed by atoms with Crippen molar-refractivity contribution in [3.8, 4) is 0 Å². The zero-order chi connectivity index (χ0) is 23.2. The molecular formula is C26H40O4. The van der Waals surface area contributed by atoms with Gasteiger partial charge >= 0.3 is 0 Å². The maximum absolute atomic E-state index is 13.8. The van der Waals surface area contributed by atoms with Gasteiger partial charge in [0, 0.05) is 11.5 Å². The first-order valence-electron chi connectivity index (χ1n) is 11.1. The van der Waals surface area contributed by atoms with Crippen molar-refractivity contribution < 1.29 is 19.8 Å². The lowest BCUT2D eigenvalue weighted by atomic mass is 9.65. The number of allylic oxidation sites excluding steroid dienone is 7. The summed E-state index contributed by atoms with van der Waals surface area (Å²) in [5.41, 5.74) is 1.03. The summed E-state index contributed by atoms with van der Waals surface area (Å²) in [5, 5.41) is 22.3. The van der Waals surface area contributed by atoms with Crippen molar-refractivity contribution in [2.75, 3.05) is 0 Å². The number of hydrogen-bond donors (Lipinski definition) is 2. The third-order valence-electron chi connectivity index (χ3n) is 5.95. The minimum Gasteiger partial charge on any atom is -0.511 e. The standard InChI is InChI=1S/C26H40O4/c1-9-19(8)22(27)21-23(28)20(11-10-16(2)3)24(29)26(25(21)30,14-12-17(4)5)15-13-18(6)7/h10,12,18-19,28-29H,9,11,13-15H2,1-8H3/t19?,26-/m0/s1. The van der Waals surface area contributed by atoms with Crippen LogP contribution in [0.3, 0.4) is 0 Å². The van der Waals surface area contributed by atoms with Gasteiger partial charge in [0.05, 0.1) is 5.41 Å². The maximum Gasteiger partial charge on any atom is 0.184 e. The van der Waals surface area contributed by atoms with E-state index in [4.69, 9.17) is 0 Å². The van der Waals surface area contributed by atoms with E-state index >= 15 is 0 Å². The Hall–Kier alpha value is -2.10. The number of hydrogen-bond acceptors (Lipinski definition) is 4. The molecule has 168 valence electrons. The fourth-order valence-electron chi connectivity index (χ4n) is 3.60. The molecule has 1 rings (SSSR count). The van der Waals surface area contributed by atoms with E-state index in [1.165, 1.54) is 0 Å². The average Bonchev–Trinajstić information content (AvgIpc) is 2.66. The molecule has 0 aromatic rings. The van der Waals surface area contributed by atoms with E-state index < -0.39 is 11.2 Å². The predicted octanol–water partition coefficient (Wildman–Crippen LogP) is 6.94. The molecule has 0 heterocycles. The van der Waals surface area contributed by atoms with Crippen LogP contribution in [0.5, 0.6) is 0 Å². The molecule has 2 N–H and O–H groups in total. The van der Waals surface area contributed by atoms with Crippen LogP contribution in [0.4, 0.5) is 0 Å². The van der Waals surface area contributed by atoms with E-state index in [1.807, 2.05) is 46.8 Å². The second-order valence-electron chi connectivity index (χ2n) is 9.54. The summed E-state index contributed by atoms with van der Waals surface area (Å²) in [5.74, 6) is -1.25. The molecule has 0 aliphatic heterocycles. The number of Topliss-reactive ketones (excluding diaryl/α,β-unsaturated/α-hetero) is 2. The Morgan fingerprint density at radius 3 is 2.07 bits per heavy atom. The summed E-state index contributed by atoms with van der Waals surface area (Å²) >= 11 is 0. The Balaban J connectivity index is 3.80. The van der Waals surface area contributed by atoms with Crippen molar-refractivity contribution in [3.05, 3.63) is 46.0 Å². The molecule has 0 aromatic heterocycles. The molecule has 0 amide bonds. The minimum atomic E-state index is -1.21. The monoisotopic (exact) mass is 416 g/mol. The second kappa shape index (κ2) is 10.8. The lowest BCUT2D eigenvalue weighted by Crippen LogP contribution is -2.42. The molecular weight excluding hydrogens is 376 g/mol. The van der Waals surface area contributed by atoms with Crippen molar-refractivity contribution in [1.29, 1.82) is 0 Å². The van der Waals surface area contributed by atoms with Crippen molar-refractivity contribution >= 4 is 11.6 Å². The molecule has 1 aliphatic rings. The zero-order valence-electron chi connectivity index (χ0n) is 20.1. The molecule has 2 atom stereocenters. The molecule has 0 radical (unpaired) electrons. The van der Waals surface area contributed by atoms with E-state index in [2.05, 4.69) is 13.8 Å². The number of rotatable bonds is 10. The fraction of sp³-hybridized carbons (Fsp3) is 0.615. The van der Waals surface area contributed by atoms with E-state index in [9.17, 15) is 19.8 Å². The second-order valence-corrected chi connectivity index (χ2v) is 9.54. The van der Waals surface area contributed by atoms with Crippen LogP contribution in [0.15, 0.2) is 46.0 Å². The highest BCUT2D eigenvalue weighted by molar-refractivity contribution is 6.24. The SMILES string of the molecule is CCC(C)C(=O)C1=C(O)C(CC=C(C)C)=C(O)[C@](CC=C(C)C)(CCC(C)C)C1=O. The number of aliphatic hydroxyl groups is 2. The van der Waals surface area contributed by atoms with E-state index in [0.29, 0.717) is 30.8 Å². The number of carbonyl (C=O) groups excluding carboxylic acids is 2. The Morgan fingerprint density at radius 2 is 1.60 bits per heavy atom. The molecule has 0 saturated heterocycles. The Kier molecular flexibility index (Phi) is 9.33. The summed E-state index contributed by atoms with van der Waals surface area (Å²) < 4.78 is 0. The summed E-state index contributed by atoms with van der Waals surface area (Å²) in [6, 6.07) is 0. The van der Waals surface area contributed by atoms with Crippen LogP contribution >= 0.6 is 0 Å². The molecule has 0 spiro atoms. The largest absolute Gasteiger partial charge is 0.511 e. The zero-order valence-corrected chi connectivity index (χ0v) is 20.1. The maximum atomic E-state index is 13.8. The lowest BCUT2D eigenvalue weighted by molar-refractivity contribution is -0.129. The van der Waals surface area contributed by atoms with Gasteiger partial charge in [-0.2, -0.15) is 0 Å². The molecule has 0 bridgehead atoms. The highest BCUT2D eigenvalue weighted by Crippen LogP contribution is 2.47. The van der Waals surface area contributed by atoms with Crippen LogP contribution in [0.25, 0.3) is 0 Å². The summed E-state index contributed by atoms with van der Waals surface area (Å²) in [6.07, 6.45) is 6.18. The van der Waals surface area contributed by atoms with Gasteiger partial charge in [-0.05, 0) is 65.7 Å². The van der Waals surface area contributed by atoms with E-state index in [1.54, 1.807) is 6.92 Å². The molecule has 0 saturated carbocycles. The highest BCUT2D eigenvalue weighted by atomic mass is 16.3. The molecule has 4 heteroatoms. The van der Waals surface area contributed by atoms with Gasteiger partial charge in [-0.25, -0.2) is 0 Å². The van der Waals surface area contributed by atoms with Gasteiger partial charge in [0.15, 0.2) is 11.6 Å². The van der Waals surface area contributed by atoms with Gasteiger partial charge in [-0.1, -0.05) is 51.0 Å². The van der Waals surface area contributed by atoms with Crippen LogP contribution in [0.2, 0.25) is 0 Å². The Bertz CT molecular complexity index is 784. The summed E-state index contributed by atoms with van der Waals surface area (Å²) in [7, 11) is 0. The molecule has 4 nitrogen and oxygen atoms in total. The summed E-state index contributed by atoms with van der Waals surface area (Å²) in [6.45, 7) is 15.6. The van der Waals surface area contributed by atoms with Gasteiger partial charge in [0.2, 0.25) is 0 Å². The third-order valence-corrected chi connectivity index (χ3v) is 5.95. The predicted molar refractivity (Wildman–Crippen MR) is 123 cm³/mol.